The van der Waals surface area contributed by atoms with E-state index in [-0.39, 0.29) is 17.1 Å². The molecule has 1 saturated heterocycles. The highest BCUT2D eigenvalue weighted by molar-refractivity contribution is 6.33. The number of carbonyl (C=O) groups is 1. The molecule has 0 aliphatic carbocycles. The van der Waals surface area contributed by atoms with Crippen LogP contribution < -0.4 is 5.32 Å². The standard InChI is InChI=1S/C10H10ClN5O/c11-8-7-9(14-4-13-8)16(5-15-7)10(17)6-2-1-3-12-6/h4-6,12H,1-3H2. The molecule has 1 unspecified atom stereocenters. The second-order valence-electron chi connectivity index (χ2n) is 3.94. The highest BCUT2D eigenvalue weighted by atomic mass is 35.5. The number of nitrogens with zero attached hydrogens (tertiary/aromatic N) is 4. The van der Waals surface area contributed by atoms with E-state index in [1.807, 2.05) is 0 Å². The van der Waals surface area contributed by atoms with Crippen molar-refractivity contribution >= 4 is 28.7 Å². The first-order chi connectivity index (χ1) is 8.27. The maximum Gasteiger partial charge on any atom is 0.250 e. The van der Waals surface area contributed by atoms with E-state index in [9.17, 15) is 4.79 Å². The van der Waals surface area contributed by atoms with Crippen molar-refractivity contribution in [2.75, 3.05) is 6.54 Å². The lowest BCUT2D eigenvalue weighted by Gasteiger charge is -2.09. The van der Waals surface area contributed by atoms with Crippen LogP contribution in [0, 0.1) is 0 Å². The molecule has 3 rings (SSSR count). The topological polar surface area (TPSA) is 72.7 Å². The molecule has 0 radical (unpaired) electrons. The summed E-state index contributed by atoms with van der Waals surface area (Å²) in [6.45, 7) is 0.874. The molecular formula is C10H10ClN5O. The van der Waals surface area contributed by atoms with E-state index in [1.54, 1.807) is 0 Å². The average molecular weight is 252 g/mol. The van der Waals surface area contributed by atoms with E-state index in [2.05, 4.69) is 20.3 Å². The van der Waals surface area contributed by atoms with Gasteiger partial charge in [0.2, 0.25) is 0 Å². The van der Waals surface area contributed by atoms with Crippen molar-refractivity contribution in [3.8, 4) is 0 Å². The Balaban J connectivity index is 2.05. The number of hydrogen-bond donors (Lipinski definition) is 1. The first-order valence-electron chi connectivity index (χ1n) is 5.38. The van der Waals surface area contributed by atoms with Gasteiger partial charge in [0.25, 0.3) is 5.91 Å². The SMILES string of the molecule is O=C(C1CCCN1)n1cnc2c(Cl)ncnc21. The number of imidazole rings is 1. The molecule has 0 bridgehead atoms. The molecule has 0 spiro atoms. The molecule has 0 amide bonds. The van der Waals surface area contributed by atoms with E-state index in [0.717, 1.165) is 19.4 Å². The second kappa shape index (κ2) is 4.05. The summed E-state index contributed by atoms with van der Waals surface area (Å²) >= 11 is 5.88. The van der Waals surface area contributed by atoms with E-state index in [4.69, 9.17) is 11.6 Å². The Bertz CT molecular complexity index is 575. The van der Waals surface area contributed by atoms with E-state index in [1.165, 1.54) is 17.2 Å². The summed E-state index contributed by atoms with van der Waals surface area (Å²) < 4.78 is 1.44. The van der Waals surface area contributed by atoms with E-state index < -0.39 is 0 Å². The molecule has 6 nitrogen and oxygen atoms in total. The van der Waals surface area contributed by atoms with Crippen molar-refractivity contribution in [1.29, 1.82) is 0 Å². The Hall–Kier alpha value is -1.53. The van der Waals surface area contributed by atoms with Crippen LogP contribution in [0.4, 0.5) is 0 Å². The van der Waals surface area contributed by atoms with Gasteiger partial charge in [-0.2, -0.15) is 0 Å². The molecule has 2 aromatic rings. The van der Waals surface area contributed by atoms with Gasteiger partial charge in [-0.15, -0.1) is 0 Å². The number of hydrogen-bond acceptors (Lipinski definition) is 5. The number of nitrogens with one attached hydrogen (secondary N) is 1. The molecule has 2 aromatic heterocycles. The summed E-state index contributed by atoms with van der Waals surface area (Å²) in [5, 5.41) is 3.41. The Morgan fingerprint density at radius 1 is 1.47 bits per heavy atom. The molecule has 3 heterocycles. The first-order valence-corrected chi connectivity index (χ1v) is 5.76. The highest BCUT2D eigenvalue weighted by Gasteiger charge is 2.25. The Morgan fingerprint density at radius 2 is 2.35 bits per heavy atom. The molecule has 0 aromatic carbocycles. The third-order valence-electron chi connectivity index (χ3n) is 2.88. The van der Waals surface area contributed by atoms with Gasteiger partial charge in [0, 0.05) is 0 Å². The van der Waals surface area contributed by atoms with Crippen LogP contribution in [0.25, 0.3) is 11.2 Å². The number of carbonyl (C=O) groups excluding carboxylic acids is 1. The largest absolute Gasteiger partial charge is 0.306 e. The van der Waals surface area contributed by atoms with Crippen molar-refractivity contribution in [3.05, 3.63) is 17.8 Å². The van der Waals surface area contributed by atoms with Crippen molar-refractivity contribution < 1.29 is 4.79 Å². The molecule has 1 fully saturated rings. The van der Waals surface area contributed by atoms with Gasteiger partial charge in [0.05, 0.1) is 6.04 Å². The van der Waals surface area contributed by atoms with Gasteiger partial charge in [0.1, 0.15) is 18.2 Å². The van der Waals surface area contributed by atoms with Crippen LogP contribution in [0.5, 0.6) is 0 Å². The molecule has 7 heteroatoms. The molecule has 1 atom stereocenters. The van der Waals surface area contributed by atoms with Crippen LogP contribution in [0.3, 0.4) is 0 Å². The van der Waals surface area contributed by atoms with Gasteiger partial charge in [-0.25, -0.2) is 15.0 Å². The normalized spacial score (nSPS) is 19.9. The van der Waals surface area contributed by atoms with Crippen LogP contribution in [0.15, 0.2) is 12.7 Å². The molecular weight excluding hydrogens is 242 g/mol. The summed E-state index contributed by atoms with van der Waals surface area (Å²) in [6, 6.07) is -0.152. The van der Waals surface area contributed by atoms with Crippen LogP contribution in [-0.4, -0.2) is 38.0 Å². The zero-order valence-electron chi connectivity index (χ0n) is 8.93. The maximum absolute atomic E-state index is 12.2. The minimum atomic E-state index is -0.152. The minimum absolute atomic E-state index is 0.0419. The third kappa shape index (κ3) is 1.69. The zero-order valence-corrected chi connectivity index (χ0v) is 9.68. The van der Waals surface area contributed by atoms with E-state index >= 15 is 0 Å². The Morgan fingerprint density at radius 3 is 3.12 bits per heavy atom. The molecule has 1 aliphatic rings. The lowest BCUT2D eigenvalue weighted by molar-refractivity contribution is 0.0874. The number of rotatable bonds is 1. The van der Waals surface area contributed by atoms with E-state index in [0.29, 0.717) is 11.2 Å². The number of halogens is 1. The third-order valence-corrected chi connectivity index (χ3v) is 3.16. The fourth-order valence-corrected chi connectivity index (χ4v) is 2.21. The van der Waals surface area contributed by atoms with Crippen molar-refractivity contribution in [2.45, 2.75) is 18.9 Å². The van der Waals surface area contributed by atoms with Crippen LogP contribution in [0.1, 0.15) is 17.6 Å². The van der Waals surface area contributed by atoms with Crippen molar-refractivity contribution in [3.63, 3.8) is 0 Å². The first kappa shape index (κ1) is 10.6. The lowest BCUT2D eigenvalue weighted by Crippen LogP contribution is -2.34. The maximum atomic E-state index is 12.2. The molecule has 88 valence electrons. The molecule has 1 aliphatic heterocycles. The second-order valence-corrected chi connectivity index (χ2v) is 4.30. The summed E-state index contributed by atoms with van der Waals surface area (Å²) in [4.78, 5) is 24.1. The van der Waals surface area contributed by atoms with Crippen LogP contribution in [-0.2, 0) is 0 Å². The summed E-state index contributed by atoms with van der Waals surface area (Å²) in [6.07, 6.45) is 4.64. The minimum Gasteiger partial charge on any atom is -0.306 e. The monoisotopic (exact) mass is 251 g/mol. The van der Waals surface area contributed by atoms with Gasteiger partial charge in [0.15, 0.2) is 10.8 Å². The van der Waals surface area contributed by atoms with Gasteiger partial charge in [-0.3, -0.25) is 9.36 Å². The smallest absolute Gasteiger partial charge is 0.250 e. The highest BCUT2D eigenvalue weighted by Crippen LogP contribution is 2.18. The van der Waals surface area contributed by atoms with Gasteiger partial charge >= 0.3 is 0 Å². The Labute approximate surface area is 102 Å². The van der Waals surface area contributed by atoms with Gasteiger partial charge < -0.3 is 5.32 Å². The van der Waals surface area contributed by atoms with Gasteiger partial charge in [-0.05, 0) is 19.4 Å². The number of aromatic nitrogens is 4. The summed E-state index contributed by atoms with van der Waals surface area (Å²) in [5.74, 6) is -0.0419. The number of fused-ring (bicyclic) bond motifs is 1. The fourth-order valence-electron chi connectivity index (χ4n) is 2.03. The Kier molecular flexibility index (Phi) is 2.53. The fraction of sp³-hybridized carbons (Fsp3) is 0.400. The predicted octanol–water partition coefficient (Wildman–Crippen LogP) is 0.872. The van der Waals surface area contributed by atoms with Gasteiger partial charge in [-0.1, -0.05) is 11.6 Å². The van der Waals surface area contributed by atoms with Crippen molar-refractivity contribution in [1.82, 2.24) is 24.8 Å². The summed E-state index contributed by atoms with van der Waals surface area (Å²) in [5.41, 5.74) is 0.921. The molecule has 1 N–H and O–H groups in total. The van der Waals surface area contributed by atoms with Crippen molar-refractivity contribution in [2.24, 2.45) is 0 Å². The zero-order chi connectivity index (χ0) is 11.8. The molecule has 17 heavy (non-hydrogen) atoms. The van der Waals surface area contributed by atoms with Crippen LogP contribution in [0.2, 0.25) is 5.15 Å². The summed E-state index contributed by atoms with van der Waals surface area (Å²) in [7, 11) is 0. The lowest BCUT2D eigenvalue weighted by atomic mass is 10.2. The predicted molar refractivity (Wildman–Crippen MR) is 62.0 cm³/mol. The molecule has 0 saturated carbocycles. The average Bonchev–Trinajstić information content (AvgIpc) is 2.98. The quantitative estimate of drug-likeness (QED) is 0.762. The van der Waals surface area contributed by atoms with Crippen LogP contribution >= 0.6 is 11.6 Å².